The molecule has 1 aromatic rings. The maximum Gasteiger partial charge on any atom is 0.191 e. The number of guanidine groups is 1. The minimum Gasteiger partial charge on any atom is -0.379 e. The molecule has 6 heteroatoms. The van der Waals surface area contributed by atoms with Crippen LogP contribution in [0.1, 0.15) is 26.3 Å². The van der Waals surface area contributed by atoms with Crippen LogP contribution < -0.4 is 10.6 Å². The average molecular weight is 330 g/mol. The summed E-state index contributed by atoms with van der Waals surface area (Å²) < 4.78 is 18.6. The molecule has 0 bridgehead atoms. The molecule has 2 N–H and O–H groups in total. The van der Waals surface area contributed by atoms with E-state index >= 15 is 0 Å². The van der Waals surface area contributed by atoms with Crippen LogP contribution in [0, 0.1) is 11.2 Å². The Bertz CT molecular complexity index is 515. The van der Waals surface area contributed by atoms with Crippen molar-refractivity contribution >= 4 is 17.6 Å². The second-order valence-electron chi connectivity index (χ2n) is 6.15. The van der Waals surface area contributed by atoms with Gasteiger partial charge in [0.25, 0.3) is 0 Å². The van der Waals surface area contributed by atoms with Crippen LogP contribution in [0.5, 0.6) is 0 Å². The first-order valence-corrected chi connectivity index (χ1v) is 7.57. The lowest BCUT2D eigenvalue weighted by molar-refractivity contribution is 0.0205. The fraction of sp³-hybridized carbons (Fsp3) is 0.562. The molecule has 0 saturated carbocycles. The van der Waals surface area contributed by atoms with E-state index < -0.39 is 5.82 Å². The SMILES string of the molecule is CN=C(NCc1ccc(F)c(Cl)c1)NCC(OC)C(C)(C)C. The van der Waals surface area contributed by atoms with Crippen molar-refractivity contribution in [2.45, 2.75) is 33.4 Å². The molecule has 1 rings (SSSR count). The minimum absolute atomic E-state index is 0.0328. The Balaban J connectivity index is 2.54. The molecule has 4 nitrogen and oxygen atoms in total. The maximum atomic E-state index is 13.1. The molecule has 0 aliphatic heterocycles. The van der Waals surface area contributed by atoms with Crippen molar-refractivity contribution in [2.24, 2.45) is 10.4 Å². The van der Waals surface area contributed by atoms with Crippen LogP contribution in [0.3, 0.4) is 0 Å². The number of methoxy groups -OCH3 is 1. The Hall–Kier alpha value is -1.33. The zero-order chi connectivity index (χ0) is 16.8. The minimum atomic E-state index is -0.416. The quantitative estimate of drug-likeness (QED) is 0.644. The first-order chi connectivity index (χ1) is 10.3. The van der Waals surface area contributed by atoms with Gasteiger partial charge in [-0.3, -0.25) is 4.99 Å². The molecule has 0 saturated heterocycles. The van der Waals surface area contributed by atoms with Crippen molar-refractivity contribution in [3.8, 4) is 0 Å². The van der Waals surface area contributed by atoms with Crippen molar-refractivity contribution in [3.05, 3.63) is 34.6 Å². The normalized spacial score (nSPS) is 13.9. The van der Waals surface area contributed by atoms with Crippen LogP contribution in [0.25, 0.3) is 0 Å². The molecule has 1 aromatic carbocycles. The molecule has 0 spiro atoms. The van der Waals surface area contributed by atoms with Crippen molar-refractivity contribution in [1.82, 2.24) is 10.6 Å². The molecule has 0 fully saturated rings. The summed E-state index contributed by atoms with van der Waals surface area (Å²) in [5.74, 6) is 0.243. The molecule has 1 atom stereocenters. The molecule has 0 amide bonds. The smallest absolute Gasteiger partial charge is 0.191 e. The van der Waals surface area contributed by atoms with Crippen LogP contribution in [0.15, 0.2) is 23.2 Å². The van der Waals surface area contributed by atoms with Crippen LogP contribution >= 0.6 is 11.6 Å². The molecule has 22 heavy (non-hydrogen) atoms. The van der Waals surface area contributed by atoms with E-state index in [1.54, 1.807) is 26.3 Å². The second kappa shape index (κ2) is 8.34. The van der Waals surface area contributed by atoms with E-state index in [9.17, 15) is 4.39 Å². The molecule has 1 unspecified atom stereocenters. The molecular weight excluding hydrogens is 305 g/mol. The summed E-state index contributed by atoms with van der Waals surface area (Å²) in [6.07, 6.45) is 0.0614. The third-order valence-corrected chi connectivity index (χ3v) is 3.66. The molecule has 0 aromatic heterocycles. The van der Waals surface area contributed by atoms with E-state index in [-0.39, 0.29) is 16.5 Å². The number of aliphatic imine (C=N–C) groups is 1. The number of ether oxygens (including phenoxy) is 1. The Kier molecular flexibility index (Phi) is 7.10. The van der Waals surface area contributed by atoms with Crippen LogP contribution in [-0.2, 0) is 11.3 Å². The Morgan fingerprint density at radius 3 is 2.55 bits per heavy atom. The molecule has 0 heterocycles. The lowest BCUT2D eigenvalue weighted by Gasteiger charge is -2.30. The first-order valence-electron chi connectivity index (χ1n) is 7.19. The fourth-order valence-corrected chi connectivity index (χ4v) is 2.19. The van der Waals surface area contributed by atoms with Crippen molar-refractivity contribution in [3.63, 3.8) is 0 Å². The summed E-state index contributed by atoms with van der Waals surface area (Å²) in [7, 11) is 3.40. The predicted octanol–water partition coefficient (Wildman–Crippen LogP) is 3.21. The van der Waals surface area contributed by atoms with Gasteiger partial charge in [-0.2, -0.15) is 0 Å². The second-order valence-corrected chi connectivity index (χ2v) is 6.55. The number of hydrogen-bond donors (Lipinski definition) is 2. The van der Waals surface area contributed by atoms with Gasteiger partial charge in [-0.25, -0.2) is 4.39 Å². The van der Waals surface area contributed by atoms with Gasteiger partial charge in [-0.15, -0.1) is 0 Å². The summed E-state index contributed by atoms with van der Waals surface area (Å²) in [5, 5.41) is 6.52. The van der Waals surface area contributed by atoms with Crippen LogP contribution in [-0.4, -0.2) is 32.8 Å². The number of hydrogen-bond acceptors (Lipinski definition) is 2. The molecule has 0 radical (unpaired) electrons. The summed E-state index contributed by atoms with van der Waals surface area (Å²) in [5.41, 5.74) is 0.916. The lowest BCUT2D eigenvalue weighted by Crippen LogP contribution is -2.45. The highest BCUT2D eigenvalue weighted by atomic mass is 35.5. The predicted molar refractivity (Wildman–Crippen MR) is 89.9 cm³/mol. The van der Waals surface area contributed by atoms with Gasteiger partial charge >= 0.3 is 0 Å². The van der Waals surface area contributed by atoms with Gasteiger partial charge in [0.1, 0.15) is 5.82 Å². The number of rotatable bonds is 5. The largest absolute Gasteiger partial charge is 0.379 e. The van der Waals surface area contributed by atoms with Gasteiger partial charge in [0.2, 0.25) is 0 Å². The number of benzene rings is 1. The van der Waals surface area contributed by atoms with Crippen molar-refractivity contribution in [2.75, 3.05) is 20.7 Å². The van der Waals surface area contributed by atoms with Crippen molar-refractivity contribution in [1.29, 1.82) is 0 Å². The summed E-state index contributed by atoms with van der Waals surface area (Å²) in [6.45, 7) is 7.52. The highest BCUT2D eigenvalue weighted by Crippen LogP contribution is 2.21. The third-order valence-electron chi connectivity index (χ3n) is 3.37. The van der Waals surface area contributed by atoms with Gasteiger partial charge in [0.15, 0.2) is 5.96 Å². The highest BCUT2D eigenvalue weighted by molar-refractivity contribution is 6.30. The number of nitrogens with zero attached hydrogens (tertiary/aromatic N) is 1. The Morgan fingerprint density at radius 2 is 2.05 bits per heavy atom. The van der Waals surface area contributed by atoms with E-state index in [0.717, 1.165) is 5.56 Å². The molecule has 124 valence electrons. The van der Waals surface area contributed by atoms with E-state index in [1.807, 2.05) is 0 Å². The van der Waals surface area contributed by atoms with Crippen LogP contribution in [0.4, 0.5) is 4.39 Å². The van der Waals surface area contributed by atoms with Gasteiger partial charge in [0.05, 0.1) is 11.1 Å². The van der Waals surface area contributed by atoms with Gasteiger partial charge < -0.3 is 15.4 Å². The summed E-state index contributed by atoms with van der Waals surface area (Å²) in [4.78, 5) is 4.16. The monoisotopic (exact) mass is 329 g/mol. The van der Waals surface area contributed by atoms with E-state index in [4.69, 9.17) is 16.3 Å². The molecular formula is C16H25ClFN3O. The molecule has 0 aliphatic carbocycles. The Labute approximate surface area is 137 Å². The van der Waals surface area contributed by atoms with Crippen LogP contribution in [0.2, 0.25) is 5.02 Å². The first kappa shape index (κ1) is 18.7. The number of nitrogens with one attached hydrogen (secondary N) is 2. The van der Waals surface area contributed by atoms with Gasteiger partial charge in [-0.05, 0) is 23.1 Å². The number of halogens is 2. The van der Waals surface area contributed by atoms with Gasteiger partial charge in [0, 0.05) is 27.2 Å². The Morgan fingerprint density at radius 1 is 1.36 bits per heavy atom. The fourth-order valence-electron chi connectivity index (χ4n) is 1.99. The lowest BCUT2D eigenvalue weighted by atomic mass is 9.89. The van der Waals surface area contributed by atoms with E-state index in [1.165, 1.54) is 6.07 Å². The topological polar surface area (TPSA) is 45.7 Å². The average Bonchev–Trinajstić information content (AvgIpc) is 2.45. The zero-order valence-electron chi connectivity index (χ0n) is 13.8. The third kappa shape index (κ3) is 5.81. The van der Waals surface area contributed by atoms with E-state index in [0.29, 0.717) is 19.0 Å². The highest BCUT2D eigenvalue weighted by Gasteiger charge is 2.24. The molecule has 0 aliphatic rings. The van der Waals surface area contributed by atoms with E-state index in [2.05, 4.69) is 36.4 Å². The standard InChI is InChI=1S/C16H25ClFN3O/c1-16(2,3)14(22-5)10-21-15(19-4)20-9-11-6-7-13(18)12(17)8-11/h6-8,14H,9-10H2,1-5H3,(H2,19,20,21). The summed E-state index contributed by atoms with van der Waals surface area (Å²) in [6, 6.07) is 4.65. The van der Waals surface area contributed by atoms with Crippen molar-refractivity contribution < 1.29 is 9.13 Å². The maximum absolute atomic E-state index is 13.1. The van der Waals surface area contributed by atoms with Gasteiger partial charge in [-0.1, -0.05) is 38.4 Å². The summed E-state index contributed by atoms with van der Waals surface area (Å²) >= 11 is 5.77. The zero-order valence-corrected chi connectivity index (χ0v) is 14.6.